The van der Waals surface area contributed by atoms with Gasteiger partial charge in [0.15, 0.2) is 5.65 Å². The van der Waals surface area contributed by atoms with Crippen molar-refractivity contribution in [2.75, 3.05) is 0 Å². The fourth-order valence-electron chi connectivity index (χ4n) is 5.84. The quantitative estimate of drug-likeness (QED) is 0.158. The number of rotatable bonds is 10. The molecule has 1 fully saturated rings. The molecule has 0 saturated heterocycles. The molecule has 0 bridgehead atoms. The van der Waals surface area contributed by atoms with Gasteiger partial charge in [0.25, 0.3) is 0 Å². The van der Waals surface area contributed by atoms with Crippen LogP contribution in [0.15, 0.2) is 77.7 Å². The summed E-state index contributed by atoms with van der Waals surface area (Å²) in [5, 5.41) is 21.0. The van der Waals surface area contributed by atoms with Crippen LogP contribution in [0.1, 0.15) is 56.9 Å². The molecule has 3 aromatic heterocycles. The van der Waals surface area contributed by atoms with Crippen LogP contribution < -0.4 is 11.0 Å². The van der Waals surface area contributed by atoms with Crippen LogP contribution in [0.2, 0.25) is 0 Å². The molecule has 0 radical (unpaired) electrons. The lowest BCUT2D eigenvalue weighted by molar-refractivity contribution is -0.125. The molecule has 1 saturated carbocycles. The van der Waals surface area contributed by atoms with Crippen molar-refractivity contribution in [2.45, 2.75) is 63.0 Å². The first kappa shape index (κ1) is 27.4. The predicted molar refractivity (Wildman–Crippen MR) is 164 cm³/mol. The molecule has 8 heteroatoms. The Balaban J connectivity index is 1.28. The standard InChI is InChI=1S/C34H33N5O3/c1-2-3-5-11-26(40)16-17-30(41)36-34(19-8-20-34)25-14-12-24(13-15-25)31-27(23-9-6-4-7-10-23)22-28-29(35-31)18-21-39-32(28)37-38-33(39)42/h1,4,6-7,9-10,12-15,18,21-22,26,40H,3,5,8,11,16-17,19-20H2,(H,36,41)(H,38,42). The van der Waals surface area contributed by atoms with Gasteiger partial charge in [-0.1, -0.05) is 54.6 Å². The Morgan fingerprint density at radius 2 is 1.88 bits per heavy atom. The summed E-state index contributed by atoms with van der Waals surface area (Å²) in [6.07, 6.45) is 12.0. The fourth-order valence-corrected chi connectivity index (χ4v) is 5.84. The molecule has 0 spiro atoms. The highest BCUT2D eigenvalue weighted by Crippen LogP contribution is 2.42. The maximum atomic E-state index is 12.9. The number of aliphatic hydroxyl groups excluding tert-OH is 1. The van der Waals surface area contributed by atoms with Crippen molar-refractivity contribution in [3.8, 4) is 34.7 Å². The molecule has 5 aromatic rings. The second-order valence-corrected chi connectivity index (χ2v) is 11.1. The molecule has 8 nitrogen and oxygen atoms in total. The number of aliphatic hydroxyl groups is 1. The monoisotopic (exact) mass is 559 g/mol. The Kier molecular flexibility index (Phi) is 7.60. The summed E-state index contributed by atoms with van der Waals surface area (Å²) in [6.45, 7) is 0. The Hall–Kier alpha value is -4.74. The predicted octanol–water partition coefficient (Wildman–Crippen LogP) is 5.34. The number of amides is 1. The van der Waals surface area contributed by atoms with Crippen LogP contribution >= 0.6 is 0 Å². The van der Waals surface area contributed by atoms with Crippen LogP contribution in [0.4, 0.5) is 0 Å². The van der Waals surface area contributed by atoms with Gasteiger partial charge in [-0.05, 0) is 61.8 Å². The molecule has 1 atom stereocenters. The molecule has 212 valence electrons. The minimum absolute atomic E-state index is 0.0406. The van der Waals surface area contributed by atoms with Crippen LogP contribution in [-0.2, 0) is 10.3 Å². The summed E-state index contributed by atoms with van der Waals surface area (Å²) in [5.74, 6) is 2.54. The van der Waals surface area contributed by atoms with Gasteiger partial charge in [-0.15, -0.1) is 12.3 Å². The zero-order chi connectivity index (χ0) is 29.1. The number of aromatic amines is 1. The molecule has 3 heterocycles. The van der Waals surface area contributed by atoms with Crippen molar-refractivity contribution in [3.63, 3.8) is 0 Å². The molecule has 0 aliphatic heterocycles. The lowest BCUT2D eigenvalue weighted by Gasteiger charge is -2.43. The van der Waals surface area contributed by atoms with Crippen molar-refractivity contribution in [2.24, 2.45) is 0 Å². The summed E-state index contributed by atoms with van der Waals surface area (Å²) < 4.78 is 1.49. The highest BCUT2D eigenvalue weighted by molar-refractivity contribution is 5.98. The molecule has 3 N–H and O–H groups in total. The van der Waals surface area contributed by atoms with Crippen molar-refractivity contribution < 1.29 is 9.90 Å². The van der Waals surface area contributed by atoms with E-state index < -0.39 is 6.10 Å². The highest BCUT2D eigenvalue weighted by Gasteiger charge is 2.40. The van der Waals surface area contributed by atoms with Crippen LogP contribution in [-0.4, -0.2) is 36.7 Å². The lowest BCUT2D eigenvalue weighted by atomic mass is 9.71. The van der Waals surface area contributed by atoms with E-state index in [-0.39, 0.29) is 23.6 Å². The van der Waals surface area contributed by atoms with Crippen LogP contribution in [0.3, 0.4) is 0 Å². The van der Waals surface area contributed by atoms with Gasteiger partial charge in [-0.3, -0.25) is 4.79 Å². The summed E-state index contributed by atoms with van der Waals surface area (Å²) in [7, 11) is 0. The van der Waals surface area contributed by atoms with Crippen molar-refractivity contribution in [1.82, 2.24) is 24.9 Å². The molecule has 1 aliphatic carbocycles. The summed E-state index contributed by atoms with van der Waals surface area (Å²) in [6, 6.07) is 22.2. The van der Waals surface area contributed by atoms with Crippen molar-refractivity contribution in [1.29, 1.82) is 0 Å². The first-order chi connectivity index (χ1) is 20.5. The van der Waals surface area contributed by atoms with E-state index in [1.165, 1.54) is 4.40 Å². The fraction of sp³-hybridized carbons (Fsp3) is 0.294. The second kappa shape index (κ2) is 11.6. The number of fused-ring (bicyclic) bond motifs is 3. The molecule has 1 amide bonds. The van der Waals surface area contributed by atoms with Gasteiger partial charge in [0, 0.05) is 35.6 Å². The zero-order valence-corrected chi connectivity index (χ0v) is 23.3. The maximum Gasteiger partial charge on any atom is 0.347 e. The number of terminal acetylenes is 1. The van der Waals surface area contributed by atoms with Crippen LogP contribution in [0.25, 0.3) is 38.9 Å². The number of benzene rings is 2. The topological polar surface area (TPSA) is 112 Å². The van der Waals surface area contributed by atoms with E-state index in [2.05, 4.69) is 45.7 Å². The minimum Gasteiger partial charge on any atom is -0.393 e. The van der Waals surface area contributed by atoms with E-state index in [0.717, 1.165) is 64.5 Å². The number of carbonyl (C=O) groups excluding carboxylic acids is 1. The van der Waals surface area contributed by atoms with E-state index in [1.807, 2.05) is 42.5 Å². The number of H-pyrrole nitrogens is 1. The van der Waals surface area contributed by atoms with Crippen molar-refractivity contribution >= 4 is 22.5 Å². The third kappa shape index (κ3) is 5.31. The molecule has 1 unspecified atom stereocenters. The summed E-state index contributed by atoms with van der Waals surface area (Å²) in [5.41, 5.74) is 5.39. The Bertz CT molecular complexity index is 1830. The number of carbonyl (C=O) groups is 1. The average Bonchev–Trinajstić information content (AvgIpc) is 3.39. The minimum atomic E-state index is -0.515. The van der Waals surface area contributed by atoms with Crippen molar-refractivity contribution in [3.05, 3.63) is 89.0 Å². The largest absolute Gasteiger partial charge is 0.393 e. The zero-order valence-electron chi connectivity index (χ0n) is 23.3. The maximum absolute atomic E-state index is 12.9. The van der Waals surface area contributed by atoms with E-state index in [1.54, 1.807) is 6.20 Å². The lowest BCUT2D eigenvalue weighted by Crippen LogP contribution is -2.50. The number of hydrogen-bond acceptors (Lipinski definition) is 5. The highest BCUT2D eigenvalue weighted by atomic mass is 16.3. The Labute approximate surface area is 243 Å². The first-order valence-electron chi connectivity index (χ1n) is 14.5. The molecule has 6 rings (SSSR count). The van der Waals surface area contributed by atoms with E-state index in [9.17, 15) is 14.7 Å². The number of aromatic nitrogens is 4. The molecular formula is C34H33N5O3. The Morgan fingerprint density at radius 1 is 1.10 bits per heavy atom. The second-order valence-electron chi connectivity index (χ2n) is 11.1. The SMILES string of the molecule is C#CCCCC(O)CCC(=O)NC1(c2ccc(-c3nc4ccn5c(=O)[nH]nc5c4cc3-c3ccccc3)cc2)CCC1. The van der Waals surface area contributed by atoms with Gasteiger partial charge < -0.3 is 10.4 Å². The summed E-state index contributed by atoms with van der Waals surface area (Å²) in [4.78, 5) is 30.1. The van der Waals surface area contributed by atoms with Gasteiger partial charge in [-0.2, -0.15) is 5.10 Å². The van der Waals surface area contributed by atoms with Gasteiger partial charge in [-0.25, -0.2) is 19.3 Å². The summed E-state index contributed by atoms with van der Waals surface area (Å²) >= 11 is 0. The molecular weight excluding hydrogens is 526 g/mol. The number of nitrogens with one attached hydrogen (secondary N) is 2. The molecule has 42 heavy (non-hydrogen) atoms. The van der Waals surface area contributed by atoms with Crippen LogP contribution in [0.5, 0.6) is 0 Å². The van der Waals surface area contributed by atoms with E-state index >= 15 is 0 Å². The Morgan fingerprint density at radius 3 is 2.60 bits per heavy atom. The normalized spacial score (nSPS) is 14.8. The van der Waals surface area contributed by atoms with Crippen LogP contribution in [0, 0.1) is 12.3 Å². The molecule has 1 aliphatic rings. The van der Waals surface area contributed by atoms with Gasteiger partial charge >= 0.3 is 5.69 Å². The third-order valence-electron chi connectivity index (χ3n) is 8.32. The smallest absolute Gasteiger partial charge is 0.347 e. The van der Waals surface area contributed by atoms with Gasteiger partial charge in [0.1, 0.15) is 0 Å². The average molecular weight is 560 g/mol. The van der Waals surface area contributed by atoms with E-state index in [0.29, 0.717) is 24.9 Å². The number of nitrogens with zero attached hydrogens (tertiary/aromatic N) is 3. The van der Waals surface area contributed by atoms with E-state index in [4.69, 9.17) is 11.4 Å². The first-order valence-corrected chi connectivity index (χ1v) is 14.5. The third-order valence-corrected chi connectivity index (χ3v) is 8.32. The number of hydrogen-bond donors (Lipinski definition) is 3. The van der Waals surface area contributed by atoms with Gasteiger partial charge in [0.2, 0.25) is 5.91 Å². The van der Waals surface area contributed by atoms with Gasteiger partial charge in [0.05, 0.1) is 22.9 Å². The number of unbranched alkanes of at least 4 members (excludes halogenated alkanes) is 1. The number of pyridine rings is 2. The molecule has 2 aromatic carbocycles.